The predicted molar refractivity (Wildman–Crippen MR) is 87.1 cm³/mol. The Morgan fingerprint density at radius 2 is 2.32 bits per heavy atom. The second-order valence-electron chi connectivity index (χ2n) is 5.36. The average Bonchev–Trinajstić information content (AvgIpc) is 3.15. The SMILES string of the molecule is CCn1nccc1[C@H]1CCCN1C(=O)Nc1cccc(Cl)c1. The smallest absolute Gasteiger partial charge is 0.316 e. The fourth-order valence-electron chi connectivity index (χ4n) is 2.97. The van der Waals surface area contributed by atoms with Gasteiger partial charge in [0.25, 0.3) is 0 Å². The lowest BCUT2D eigenvalue weighted by Gasteiger charge is -2.25. The standard InChI is InChI=1S/C16H19ClN4O/c1-2-21-15(8-9-18-21)14-7-4-10-20(14)16(22)19-13-6-3-5-12(17)11-13/h3,5-6,8-9,11,14H,2,4,7,10H2,1H3,(H,19,22)/t14-/m1/s1. The minimum atomic E-state index is -0.0892. The van der Waals surface area contributed by atoms with Crippen LogP contribution >= 0.6 is 11.6 Å². The third kappa shape index (κ3) is 2.95. The minimum absolute atomic E-state index is 0.0848. The van der Waals surface area contributed by atoms with E-state index in [-0.39, 0.29) is 12.1 Å². The van der Waals surface area contributed by atoms with Crippen LogP contribution in [0.2, 0.25) is 5.02 Å². The van der Waals surface area contributed by atoms with Gasteiger partial charge >= 0.3 is 6.03 Å². The van der Waals surface area contributed by atoms with Crippen LogP contribution in [-0.2, 0) is 6.54 Å². The van der Waals surface area contributed by atoms with Crippen molar-refractivity contribution in [1.29, 1.82) is 0 Å². The highest BCUT2D eigenvalue weighted by Gasteiger charge is 2.32. The topological polar surface area (TPSA) is 50.2 Å². The number of benzene rings is 1. The van der Waals surface area contributed by atoms with Gasteiger partial charge in [-0.15, -0.1) is 0 Å². The van der Waals surface area contributed by atoms with Crippen LogP contribution < -0.4 is 5.32 Å². The first-order valence-corrected chi connectivity index (χ1v) is 7.91. The van der Waals surface area contributed by atoms with Gasteiger partial charge in [0, 0.05) is 30.0 Å². The van der Waals surface area contributed by atoms with E-state index < -0.39 is 0 Å². The Morgan fingerprint density at radius 3 is 3.09 bits per heavy atom. The Labute approximate surface area is 134 Å². The largest absolute Gasteiger partial charge is 0.322 e. The summed E-state index contributed by atoms with van der Waals surface area (Å²) in [6.45, 7) is 3.62. The second kappa shape index (κ2) is 6.40. The van der Waals surface area contributed by atoms with Crippen LogP contribution in [0.15, 0.2) is 36.5 Å². The summed E-state index contributed by atoms with van der Waals surface area (Å²) < 4.78 is 1.95. The van der Waals surface area contributed by atoms with E-state index in [0.29, 0.717) is 10.7 Å². The Balaban J connectivity index is 1.77. The number of anilines is 1. The first kappa shape index (κ1) is 14.9. The molecule has 3 rings (SSSR count). The molecule has 1 atom stereocenters. The Kier molecular flexibility index (Phi) is 4.34. The molecule has 0 saturated carbocycles. The van der Waals surface area contributed by atoms with Crippen LogP contribution in [0.5, 0.6) is 0 Å². The molecule has 0 unspecified atom stereocenters. The number of hydrogen-bond acceptors (Lipinski definition) is 2. The van der Waals surface area contributed by atoms with Gasteiger partial charge in [0.1, 0.15) is 0 Å². The van der Waals surface area contributed by atoms with Gasteiger partial charge in [0.05, 0.1) is 11.7 Å². The average molecular weight is 319 g/mol. The zero-order valence-electron chi connectivity index (χ0n) is 12.5. The second-order valence-corrected chi connectivity index (χ2v) is 5.80. The minimum Gasteiger partial charge on any atom is -0.316 e. The number of amides is 2. The molecular formula is C16H19ClN4O. The van der Waals surface area contributed by atoms with Crippen molar-refractivity contribution < 1.29 is 4.79 Å². The van der Waals surface area contributed by atoms with Gasteiger partial charge in [-0.3, -0.25) is 4.68 Å². The molecule has 0 aliphatic carbocycles. The van der Waals surface area contributed by atoms with Crippen molar-refractivity contribution in [3.05, 3.63) is 47.2 Å². The molecule has 0 bridgehead atoms. The summed E-state index contributed by atoms with van der Waals surface area (Å²) in [5.41, 5.74) is 1.81. The van der Waals surface area contributed by atoms with Crippen LogP contribution in [0.25, 0.3) is 0 Å². The molecule has 116 valence electrons. The molecule has 1 saturated heterocycles. The molecule has 2 heterocycles. The highest BCUT2D eigenvalue weighted by Crippen LogP contribution is 2.32. The summed E-state index contributed by atoms with van der Waals surface area (Å²) in [4.78, 5) is 14.5. The lowest BCUT2D eigenvalue weighted by Crippen LogP contribution is -2.35. The highest BCUT2D eigenvalue weighted by atomic mass is 35.5. The fourth-order valence-corrected chi connectivity index (χ4v) is 3.16. The molecular weight excluding hydrogens is 300 g/mol. The lowest BCUT2D eigenvalue weighted by atomic mass is 10.1. The molecule has 2 amide bonds. The van der Waals surface area contributed by atoms with Crippen LogP contribution in [0.4, 0.5) is 10.5 Å². The van der Waals surface area contributed by atoms with E-state index in [4.69, 9.17) is 11.6 Å². The van der Waals surface area contributed by atoms with Crippen LogP contribution in [-0.4, -0.2) is 27.3 Å². The summed E-state index contributed by atoms with van der Waals surface area (Å²) in [6.07, 6.45) is 3.77. The van der Waals surface area contributed by atoms with E-state index in [9.17, 15) is 4.79 Å². The maximum Gasteiger partial charge on any atom is 0.322 e. The number of hydrogen-bond donors (Lipinski definition) is 1. The Morgan fingerprint density at radius 1 is 1.45 bits per heavy atom. The Hall–Kier alpha value is -2.01. The number of rotatable bonds is 3. The van der Waals surface area contributed by atoms with E-state index in [1.54, 1.807) is 18.3 Å². The van der Waals surface area contributed by atoms with Crippen molar-refractivity contribution in [1.82, 2.24) is 14.7 Å². The maximum absolute atomic E-state index is 12.6. The molecule has 1 N–H and O–H groups in total. The number of aromatic nitrogens is 2. The first-order valence-electron chi connectivity index (χ1n) is 7.54. The zero-order valence-corrected chi connectivity index (χ0v) is 13.3. The van der Waals surface area contributed by atoms with Gasteiger partial charge in [0.15, 0.2) is 0 Å². The molecule has 0 spiro atoms. The molecule has 1 aromatic heterocycles. The number of carbonyl (C=O) groups excluding carboxylic acids is 1. The van der Waals surface area contributed by atoms with E-state index in [0.717, 1.165) is 31.6 Å². The van der Waals surface area contributed by atoms with Crippen molar-refractivity contribution in [3.8, 4) is 0 Å². The lowest BCUT2D eigenvalue weighted by molar-refractivity contribution is 0.204. The predicted octanol–water partition coefficient (Wildman–Crippen LogP) is 3.93. The third-order valence-corrected chi connectivity index (χ3v) is 4.21. The fraction of sp³-hybridized carbons (Fsp3) is 0.375. The van der Waals surface area contributed by atoms with Gasteiger partial charge in [-0.25, -0.2) is 4.79 Å². The molecule has 2 aromatic rings. The maximum atomic E-state index is 12.6. The van der Waals surface area contributed by atoms with Gasteiger partial charge in [-0.1, -0.05) is 17.7 Å². The number of urea groups is 1. The van der Waals surface area contributed by atoms with Gasteiger partial charge < -0.3 is 10.2 Å². The highest BCUT2D eigenvalue weighted by molar-refractivity contribution is 6.30. The van der Waals surface area contributed by atoms with E-state index in [2.05, 4.69) is 17.3 Å². The number of likely N-dealkylation sites (tertiary alicyclic amines) is 1. The molecule has 1 fully saturated rings. The van der Waals surface area contributed by atoms with Crippen LogP contribution in [0, 0.1) is 0 Å². The van der Waals surface area contributed by atoms with Crippen molar-refractivity contribution in [2.75, 3.05) is 11.9 Å². The molecule has 0 radical (unpaired) electrons. The van der Waals surface area contributed by atoms with Crippen LogP contribution in [0.1, 0.15) is 31.5 Å². The quantitative estimate of drug-likeness (QED) is 0.932. The van der Waals surface area contributed by atoms with Crippen molar-refractivity contribution in [3.63, 3.8) is 0 Å². The number of halogens is 1. The van der Waals surface area contributed by atoms with E-state index in [1.165, 1.54) is 0 Å². The number of aryl methyl sites for hydroxylation is 1. The number of nitrogens with one attached hydrogen (secondary N) is 1. The molecule has 1 aromatic carbocycles. The molecule has 22 heavy (non-hydrogen) atoms. The monoisotopic (exact) mass is 318 g/mol. The van der Waals surface area contributed by atoms with Gasteiger partial charge in [-0.2, -0.15) is 5.10 Å². The molecule has 1 aliphatic rings. The summed E-state index contributed by atoms with van der Waals surface area (Å²) in [5, 5.41) is 7.85. The summed E-state index contributed by atoms with van der Waals surface area (Å²) >= 11 is 5.96. The van der Waals surface area contributed by atoms with E-state index in [1.807, 2.05) is 27.8 Å². The normalized spacial score (nSPS) is 17.7. The first-order chi connectivity index (χ1) is 10.7. The Bertz CT molecular complexity index is 670. The van der Waals surface area contributed by atoms with E-state index >= 15 is 0 Å². The van der Waals surface area contributed by atoms with Crippen molar-refractivity contribution in [2.45, 2.75) is 32.4 Å². The van der Waals surface area contributed by atoms with Gasteiger partial charge in [-0.05, 0) is 44.0 Å². The summed E-state index contributed by atoms with van der Waals surface area (Å²) in [7, 11) is 0. The molecule has 1 aliphatic heterocycles. The van der Waals surface area contributed by atoms with Gasteiger partial charge in [0.2, 0.25) is 0 Å². The van der Waals surface area contributed by atoms with Crippen molar-refractivity contribution in [2.24, 2.45) is 0 Å². The molecule has 5 nitrogen and oxygen atoms in total. The zero-order chi connectivity index (χ0) is 15.5. The number of carbonyl (C=O) groups is 1. The number of nitrogens with zero attached hydrogens (tertiary/aromatic N) is 3. The van der Waals surface area contributed by atoms with Crippen LogP contribution in [0.3, 0.4) is 0 Å². The molecule has 6 heteroatoms. The van der Waals surface area contributed by atoms with Crippen molar-refractivity contribution >= 4 is 23.3 Å². The summed E-state index contributed by atoms with van der Waals surface area (Å²) in [6, 6.07) is 9.20. The third-order valence-electron chi connectivity index (χ3n) is 3.98. The summed E-state index contributed by atoms with van der Waals surface area (Å²) in [5.74, 6) is 0.